The van der Waals surface area contributed by atoms with E-state index in [1.54, 1.807) is 23.3 Å². The van der Waals surface area contributed by atoms with Crippen LogP contribution in [0.5, 0.6) is 0 Å². The zero-order valence-electron chi connectivity index (χ0n) is 12.6. The number of hydrogen-bond acceptors (Lipinski definition) is 3. The molecule has 7 heteroatoms. The lowest BCUT2D eigenvalue weighted by Gasteiger charge is -2.06. The van der Waals surface area contributed by atoms with Crippen molar-refractivity contribution in [1.29, 1.82) is 0 Å². The lowest BCUT2D eigenvalue weighted by molar-refractivity contribution is 0.0951. The summed E-state index contributed by atoms with van der Waals surface area (Å²) in [5.74, 6) is -2.49. The van der Waals surface area contributed by atoms with Crippen molar-refractivity contribution in [3.63, 3.8) is 0 Å². The van der Waals surface area contributed by atoms with Gasteiger partial charge in [-0.3, -0.25) is 14.5 Å². The molecule has 0 aliphatic heterocycles. The van der Waals surface area contributed by atoms with E-state index in [0.29, 0.717) is 13.1 Å². The summed E-state index contributed by atoms with van der Waals surface area (Å²) in [5.41, 5.74) is 1.84. The van der Waals surface area contributed by atoms with E-state index in [1.807, 2.05) is 18.2 Å². The fourth-order valence-corrected chi connectivity index (χ4v) is 2.19. The SMILES string of the molecule is O=C(NCCn1ccc(-c2ccncc2)n1)c1ccc(F)c(F)c1. The summed E-state index contributed by atoms with van der Waals surface area (Å²) in [6, 6.07) is 8.63. The summed E-state index contributed by atoms with van der Waals surface area (Å²) in [7, 11) is 0. The molecule has 3 rings (SSSR count). The number of aromatic nitrogens is 3. The Balaban J connectivity index is 1.56. The molecule has 2 aromatic heterocycles. The normalized spacial score (nSPS) is 10.6. The van der Waals surface area contributed by atoms with Crippen molar-refractivity contribution in [3.8, 4) is 11.3 Å². The smallest absolute Gasteiger partial charge is 0.251 e. The molecule has 1 N–H and O–H groups in total. The highest BCUT2D eigenvalue weighted by atomic mass is 19.2. The number of benzene rings is 1. The molecule has 0 bridgehead atoms. The summed E-state index contributed by atoms with van der Waals surface area (Å²) < 4.78 is 27.7. The van der Waals surface area contributed by atoms with Gasteiger partial charge in [0.2, 0.25) is 0 Å². The van der Waals surface area contributed by atoms with Gasteiger partial charge in [0.05, 0.1) is 12.2 Å². The Morgan fingerprint density at radius 2 is 1.88 bits per heavy atom. The lowest BCUT2D eigenvalue weighted by Crippen LogP contribution is -2.27. The third-order valence-electron chi connectivity index (χ3n) is 3.42. The van der Waals surface area contributed by atoms with Gasteiger partial charge in [-0.05, 0) is 36.4 Å². The monoisotopic (exact) mass is 328 g/mol. The van der Waals surface area contributed by atoms with E-state index in [0.717, 1.165) is 23.4 Å². The number of rotatable bonds is 5. The van der Waals surface area contributed by atoms with Crippen LogP contribution in [-0.2, 0) is 6.54 Å². The molecule has 0 unspecified atom stereocenters. The number of hydrogen-bond donors (Lipinski definition) is 1. The molecule has 122 valence electrons. The molecule has 24 heavy (non-hydrogen) atoms. The van der Waals surface area contributed by atoms with Crippen LogP contribution in [0.25, 0.3) is 11.3 Å². The van der Waals surface area contributed by atoms with Crippen molar-refractivity contribution in [2.24, 2.45) is 0 Å². The number of nitrogens with one attached hydrogen (secondary N) is 1. The summed E-state index contributed by atoms with van der Waals surface area (Å²) in [4.78, 5) is 15.8. The van der Waals surface area contributed by atoms with Crippen LogP contribution in [0.3, 0.4) is 0 Å². The van der Waals surface area contributed by atoms with Crippen LogP contribution in [0.4, 0.5) is 8.78 Å². The van der Waals surface area contributed by atoms with E-state index >= 15 is 0 Å². The fourth-order valence-electron chi connectivity index (χ4n) is 2.19. The van der Waals surface area contributed by atoms with Crippen LogP contribution in [0.2, 0.25) is 0 Å². The number of carbonyl (C=O) groups excluding carboxylic acids is 1. The molecule has 0 aliphatic rings. The first kappa shape index (κ1) is 15.8. The van der Waals surface area contributed by atoms with Crippen molar-refractivity contribution in [2.45, 2.75) is 6.54 Å². The van der Waals surface area contributed by atoms with Gasteiger partial charge in [-0.25, -0.2) is 8.78 Å². The van der Waals surface area contributed by atoms with Crippen LogP contribution < -0.4 is 5.32 Å². The fraction of sp³-hybridized carbons (Fsp3) is 0.118. The van der Waals surface area contributed by atoms with Crippen LogP contribution in [0.15, 0.2) is 55.0 Å². The van der Waals surface area contributed by atoms with Crippen LogP contribution in [0, 0.1) is 11.6 Å². The first-order chi connectivity index (χ1) is 11.6. The molecular formula is C17H14F2N4O. The average Bonchev–Trinajstić information content (AvgIpc) is 3.07. The summed E-state index contributed by atoms with van der Waals surface area (Å²) in [6.07, 6.45) is 5.19. The minimum atomic E-state index is -1.04. The molecular weight excluding hydrogens is 314 g/mol. The highest BCUT2D eigenvalue weighted by molar-refractivity contribution is 5.94. The summed E-state index contributed by atoms with van der Waals surface area (Å²) in [6.45, 7) is 0.774. The van der Waals surface area contributed by atoms with Crippen molar-refractivity contribution in [3.05, 3.63) is 72.2 Å². The summed E-state index contributed by atoms with van der Waals surface area (Å²) in [5, 5.41) is 7.05. The topological polar surface area (TPSA) is 59.8 Å². The first-order valence-corrected chi connectivity index (χ1v) is 7.30. The highest BCUT2D eigenvalue weighted by Crippen LogP contribution is 2.14. The molecule has 0 radical (unpaired) electrons. The molecule has 2 heterocycles. The van der Waals surface area contributed by atoms with Gasteiger partial charge >= 0.3 is 0 Å². The quantitative estimate of drug-likeness (QED) is 0.783. The number of nitrogens with zero attached hydrogens (tertiary/aromatic N) is 3. The molecule has 0 fully saturated rings. The Hall–Kier alpha value is -3.09. The van der Waals surface area contributed by atoms with E-state index in [-0.39, 0.29) is 5.56 Å². The van der Waals surface area contributed by atoms with Crippen LogP contribution in [-0.4, -0.2) is 27.2 Å². The van der Waals surface area contributed by atoms with Gasteiger partial charge in [0, 0.05) is 36.3 Å². The predicted molar refractivity (Wildman–Crippen MR) is 84.1 cm³/mol. The number of pyridine rings is 1. The third kappa shape index (κ3) is 3.62. The number of carbonyl (C=O) groups is 1. The maximum Gasteiger partial charge on any atom is 0.251 e. The van der Waals surface area contributed by atoms with Gasteiger partial charge in [0.15, 0.2) is 11.6 Å². The Kier molecular flexibility index (Phi) is 4.60. The van der Waals surface area contributed by atoms with E-state index in [1.165, 1.54) is 6.07 Å². The Bertz CT molecular complexity index is 849. The molecule has 0 aliphatic carbocycles. The Labute approximate surface area is 137 Å². The molecule has 0 atom stereocenters. The summed E-state index contributed by atoms with van der Waals surface area (Å²) >= 11 is 0. The van der Waals surface area contributed by atoms with Gasteiger partial charge in [-0.15, -0.1) is 0 Å². The molecule has 0 saturated carbocycles. The van der Waals surface area contributed by atoms with Gasteiger partial charge in [0.25, 0.3) is 5.91 Å². The molecule has 3 aromatic rings. The van der Waals surface area contributed by atoms with E-state index in [2.05, 4.69) is 15.4 Å². The second-order valence-corrected chi connectivity index (χ2v) is 5.08. The predicted octanol–water partition coefficient (Wildman–Crippen LogP) is 2.65. The van der Waals surface area contributed by atoms with Crippen molar-refractivity contribution < 1.29 is 13.6 Å². The van der Waals surface area contributed by atoms with E-state index in [4.69, 9.17) is 0 Å². The second-order valence-electron chi connectivity index (χ2n) is 5.08. The molecule has 5 nitrogen and oxygen atoms in total. The third-order valence-corrected chi connectivity index (χ3v) is 3.42. The van der Waals surface area contributed by atoms with Gasteiger partial charge in [0.1, 0.15) is 0 Å². The van der Waals surface area contributed by atoms with Gasteiger partial charge in [-0.1, -0.05) is 0 Å². The molecule has 1 aromatic carbocycles. The number of amides is 1. The standard InChI is InChI=1S/C17H14F2N4O/c18-14-2-1-13(11-15(14)19)17(24)21-8-10-23-9-5-16(22-23)12-3-6-20-7-4-12/h1-7,9,11H,8,10H2,(H,21,24). The lowest BCUT2D eigenvalue weighted by atomic mass is 10.2. The zero-order chi connectivity index (χ0) is 16.9. The molecule has 1 amide bonds. The minimum Gasteiger partial charge on any atom is -0.350 e. The van der Waals surface area contributed by atoms with Crippen LogP contribution >= 0.6 is 0 Å². The largest absolute Gasteiger partial charge is 0.350 e. The van der Waals surface area contributed by atoms with E-state index in [9.17, 15) is 13.6 Å². The molecule has 0 spiro atoms. The maximum absolute atomic E-state index is 13.1. The number of halogens is 2. The average molecular weight is 328 g/mol. The van der Waals surface area contributed by atoms with E-state index < -0.39 is 17.5 Å². The minimum absolute atomic E-state index is 0.0758. The Morgan fingerprint density at radius 3 is 2.62 bits per heavy atom. The second kappa shape index (κ2) is 6.99. The molecule has 0 saturated heterocycles. The van der Waals surface area contributed by atoms with Crippen LogP contribution in [0.1, 0.15) is 10.4 Å². The zero-order valence-corrected chi connectivity index (χ0v) is 12.6. The van der Waals surface area contributed by atoms with Gasteiger partial charge < -0.3 is 5.32 Å². The van der Waals surface area contributed by atoms with Gasteiger partial charge in [-0.2, -0.15) is 5.10 Å². The Morgan fingerprint density at radius 1 is 1.08 bits per heavy atom. The van der Waals surface area contributed by atoms with Crippen molar-refractivity contribution in [1.82, 2.24) is 20.1 Å². The highest BCUT2D eigenvalue weighted by Gasteiger charge is 2.09. The first-order valence-electron chi connectivity index (χ1n) is 7.30. The maximum atomic E-state index is 13.1. The van der Waals surface area contributed by atoms with Crippen molar-refractivity contribution in [2.75, 3.05) is 6.54 Å². The van der Waals surface area contributed by atoms with Crippen molar-refractivity contribution >= 4 is 5.91 Å².